The van der Waals surface area contributed by atoms with Crippen LogP contribution in [-0.4, -0.2) is 23.2 Å². The Morgan fingerprint density at radius 2 is 2.10 bits per heavy atom. The minimum Gasteiger partial charge on any atom is -0.496 e. The Bertz CT molecular complexity index is 630. The Kier molecular flexibility index (Phi) is 4.23. The van der Waals surface area contributed by atoms with E-state index in [2.05, 4.69) is 18.1 Å². The predicted molar refractivity (Wildman–Crippen MR) is 78.6 cm³/mol. The molecule has 2 aromatic rings. The zero-order valence-electron chi connectivity index (χ0n) is 12.4. The van der Waals surface area contributed by atoms with Crippen LogP contribution in [0.1, 0.15) is 39.8 Å². The molecule has 0 amide bonds. The lowest BCUT2D eigenvalue weighted by Crippen LogP contribution is -2.05. The zero-order valence-corrected chi connectivity index (χ0v) is 12.4. The zero-order chi connectivity index (χ0) is 14.7. The molecular weight excluding hydrogens is 252 g/mol. The molecule has 0 aliphatic rings. The molecular formula is C16H20N2O2. The summed E-state index contributed by atoms with van der Waals surface area (Å²) in [5.41, 5.74) is 4.72. The first-order chi connectivity index (χ1) is 9.60. The van der Waals surface area contributed by atoms with Gasteiger partial charge in [0.2, 0.25) is 0 Å². The molecule has 0 aliphatic heterocycles. The Morgan fingerprint density at radius 1 is 1.35 bits per heavy atom. The van der Waals surface area contributed by atoms with Crippen molar-refractivity contribution in [2.45, 2.75) is 33.7 Å². The summed E-state index contributed by atoms with van der Waals surface area (Å²) in [7, 11) is 1.69. The second-order valence-electron chi connectivity index (χ2n) is 4.86. The first-order valence-corrected chi connectivity index (χ1v) is 6.75. The SMILES string of the molecule is CCc1cc(Cn2nc(C)c(C=O)c2C)ccc1OC. The van der Waals surface area contributed by atoms with Crippen LogP contribution in [0.3, 0.4) is 0 Å². The number of carbonyl (C=O) groups excluding carboxylic acids is 1. The lowest BCUT2D eigenvalue weighted by molar-refractivity contribution is 0.112. The molecule has 1 aromatic heterocycles. The Labute approximate surface area is 119 Å². The minimum absolute atomic E-state index is 0.664. The molecule has 1 aromatic carbocycles. The summed E-state index contributed by atoms with van der Waals surface area (Å²) >= 11 is 0. The molecule has 106 valence electrons. The van der Waals surface area contributed by atoms with E-state index in [1.807, 2.05) is 30.7 Å². The van der Waals surface area contributed by atoms with Crippen LogP contribution in [0.15, 0.2) is 18.2 Å². The lowest BCUT2D eigenvalue weighted by Gasteiger charge is -2.10. The van der Waals surface area contributed by atoms with E-state index in [4.69, 9.17) is 4.74 Å². The number of rotatable bonds is 5. The van der Waals surface area contributed by atoms with Gasteiger partial charge in [0.1, 0.15) is 5.75 Å². The number of aryl methyl sites for hydroxylation is 2. The van der Waals surface area contributed by atoms with Crippen molar-refractivity contribution in [3.05, 3.63) is 46.3 Å². The maximum atomic E-state index is 11.0. The Hall–Kier alpha value is -2.10. The fourth-order valence-corrected chi connectivity index (χ4v) is 2.41. The second-order valence-corrected chi connectivity index (χ2v) is 4.86. The van der Waals surface area contributed by atoms with E-state index in [1.165, 1.54) is 5.56 Å². The topological polar surface area (TPSA) is 44.1 Å². The summed E-state index contributed by atoms with van der Waals surface area (Å²) in [4.78, 5) is 11.0. The highest BCUT2D eigenvalue weighted by Crippen LogP contribution is 2.21. The van der Waals surface area contributed by atoms with Crippen molar-refractivity contribution < 1.29 is 9.53 Å². The van der Waals surface area contributed by atoms with Crippen LogP contribution in [-0.2, 0) is 13.0 Å². The van der Waals surface area contributed by atoms with Gasteiger partial charge in [0.25, 0.3) is 0 Å². The van der Waals surface area contributed by atoms with E-state index in [1.54, 1.807) is 7.11 Å². The summed E-state index contributed by atoms with van der Waals surface area (Å²) in [5.74, 6) is 0.915. The average Bonchev–Trinajstić information content (AvgIpc) is 2.72. The van der Waals surface area contributed by atoms with Gasteiger partial charge in [0, 0.05) is 5.69 Å². The van der Waals surface area contributed by atoms with Crippen LogP contribution in [0.4, 0.5) is 0 Å². The van der Waals surface area contributed by atoms with Crippen molar-refractivity contribution in [3.8, 4) is 5.75 Å². The van der Waals surface area contributed by atoms with E-state index in [0.29, 0.717) is 12.1 Å². The van der Waals surface area contributed by atoms with Gasteiger partial charge in [-0.1, -0.05) is 19.1 Å². The molecule has 4 nitrogen and oxygen atoms in total. The number of methoxy groups -OCH3 is 1. The third kappa shape index (κ3) is 2.59. The van der Waals surface area contributed by atoms with Crippen LogP contribution in [0.5, 0.6) is 5.75 Å². The molecule has 0 unspecified atom stereocenters. The maximum absolute atomic E-state index is 11.0. The van der Waals surface area contributed by atoms with Gasteiger partial charge in [-0.2, -0.15) is 5.10 Å². The second kappa shape index (κ2) is 5.90. The number of benzene rings is 1. The van der Waals surface area contributed by atoms with E-state index >= 15 is 0 Å². The summed E-state index contributed by atoms with van der Waals surface area (Å²) in [6.45, 7) is 6.56. The average molecular weight is 272 g/mol. The van der Waals surface area contributed by atoms with Crippen molar-refractivity contribution in [1.82, 2.24) is 9.78 Å². The van der Waals surface area contributed by atoms with Gasteiger partial charge >= 0.3 is 0 Å². The van der Waals surface area contributed by atoms with E-state index in [-0.39, 0.29) is 0 Å². The fraction of sp³-hybridized carbons (Fsp3) is 0.375. The smallest absolute Gasteiger partial charge is 0.153 e. The summed E-state index contributed by atoms with van der Waals surface area (Å²) < 4.78 is 7.21. The van der Waals surface area contributed by atoms with Crippen LogP contribution in [0.2, 0.25) is 0 Å². The molecule has 0 aliphatic carbocycles. The van der Waals surface area contributed by atoms with Crippen molar-refractivity contribution in [3.63, 3.8) is 0 Å². The Balaban J connectivity index is 2.33. The molecule has 1 heterocycles. The minimum atomic E-state index is 0.664. The summed E-state index contributed by atoms with van der Waals surface area (Å²) in [5, 5.41) is 4.43. The van der Waals surface area contributed by atoms with Gasteiger partial charge in [0.15, 0.2) is 6.29 Å². The number of hydrogen-bond donors (Lipinski definition) is 0. The summed E-state index contributed by atoms with van der Waals surface area (Å²) in [6, 6.07) is 6.16. The highest BCUT2D eigenvalue weighted by atomic mass is 16.5. The molecule has 0 N–H and O–H groups in total. The van der Waals surface area contributed by atoms with Crippen molar-refractivity contribution >= 4 is 6.29 Å². The molecule has 0 fully saturated rings. The normalized spacial score (nSPS) is 10.6. The lowest BCUT2D eigenvalue weighted by atomic mass is 10.1. The number of aromatic nitrogens is 2. The fourth-order valence-electron chi connectivity index (χ4n) is 2.41. The van der Waals surface area contributed by atoms with Crippen molar-refractivity contribution in [2.75, 3.05) is 7.11 Å². The highest BCUT2D eigenvalue weighted by molar-refractivity contribution is 5.78. The monoisotopic (exact) mass is 272 g/mol. The third-order valence-electron chi connectivity index (χ3n) is 3.61. The maximum Gasteiger partial charge on any atom is 0.153 e. The Morgan fingerprint density at radius 3 is 2.65 bits per heavy atom. The molecule has 4 heteroatoms. The van der Waals surface area contributed by atoms with Crippen LogP contribution in [0.25, 0.3) is 0 Å². The van der Waals surface area contributed by atoms with Crippen LogP contribution >= 0.6 is 0 Å². The van der Waals surface area contributed by atoms with Gasteiger partial charge in [-0.25, -0.2) is 0 Å². The number of aldehydes is 1. The highest BCUT2D eigenvalue weighted by Gasteiger charge is 2.11. The number of ether oxygens (including phenoxy) is 1. The molecule has 0 radical (unpaired) electrons. The van der Waals surface area contributed by atoms with Gasteiger partial charge in [-0.15, -0.1) is 0 Å². The first kappa shape index (κ1) is 14.3. The number of hydrogen-bond acceptors (Lipinski definition) is 3. The quantitative estimate of drug-likeness (QED) is 0.786. The molecule has 0 atom stereocenters. The van der Waals surface area contributed by atoms with Crippen molar-refractivity contribution in [1.29, 1.82) is 0 Å². The molecule has 0 saturated heterocycles. The molecule has 0 saturated carbocycles. The van der Waals surface area contributed by atoms with E-state index in [0.717, 1.165) is 35.4 Å². The van der Waals surface area contributed by atoms with Crippen LogP contribution < -0.4 is 4.74 Å². The van der Waals surface area contributed by atoms with Gasteiger partial charge in [-0.05, 0) is 37.5 Å². The number of nitrogens with zero attached hydrogens (tertiary/aromatic N) is 2. The standard InChI is InChI=1S/C16H20N2O2/c1-5-14-8-13(6-7-16(14)20-4)9-18-12(3)15(10-19)11(2)17-18/h6-8,10H,5,9H2,1-4H3. The third-order valence-corrected chi connectivity index (χ3v) is 3.61. The predicted octanol–water partition coefficient (Wildman–Crippen LogP) is 2.93. The van der Waals surface area contributed by atoms with Crippen LogP contribution in [0, 0.1) is 13.8 Å². The summed E-state index contributed by atoms with van der Waals surface area (Å²) in [6.07, 6.45) is 1.80. The number of carbonyl (C=O) groups is 1. The van der Waals surface area contributed by atoms with E-state index < -0.39 is 0 Å². The van der Waals surface area contributed by atoms with Crippen molar-refractivity contribution in [2.24, 2.45) is 0 Å². The molecule has 20 heavy (non-hydrogen) atoms. The van der Waals surface area contributed by atoms with E-state index in [9.17, 15) is 4.79 Å². The molecule has 0 spiro atoms. The largest absolute Gasteiger partial charge is 0.496 e. The van der Waals surface area contributed by atoms with Gasteiger partial charge in [-0.3, -0.25) is 9.48 Å². The molecule has 0 bridgehead atoms. The van der Waals surface area contributed by atoms with Gasteiger partial charge in [0.05, 0.1) is 24.9 Å². The first-order valence-electron chi connectivity index (χ1n) is 6.75. The van der Waals surface area contributed by atoms with Gasteiger partial charge < -0.3 is 4.74 Å². The molecule has 2 rings (SSSR count).